The van der Waals surface area contributed by atoms with Crippen LogP contribution in [0.25, 0.3) is 6.08 Å². The number of carbonyl (C=O) groups is 1. The molecule has 0 aromatic heterocycles. The molecule has 2 aromatic carbocycles. The molecule has 2 aliphatic heterocycles. The summed E-state index contributed by atoms with van der Waals surface area (Å²) in [6.45, 7) is 4.20. The summed E-state index contributed by atoms with van der Waals surface area (Å²) in [6.07, 6.45) is -8.83. The molecule has 2 heterocycles. The average molecular weight is 667 g/mol. The van der Waals surface area contributed by atoms with E-state index in [-0.39, 0.29) is 36.0 Å². The van der Waals surface area contributed by atoms with E-state index in [0.717, 1.165) is 11.6 Å². The normalized spacial score (nSPS) is 34.7. The summed E-state index contributed by atoms with van der Waals surface area (Å²) < 4.78 is 37.0. The number of ether oxygens (including phenoxy) is 4. The van der Waals surface area contributed by atoms with Crippen LogP contribution in [0.15, 0.2) is 53.2 Å². The standard InChI is InChI=1S/C31H36ClFN2O11/c1-14(29(40)34-21-22(36)24(38)27-26(23(21)37)42-13-43-27)9-16-7-8-20(19(33)11-16)45-30-31(3,41)28(39)25(46-30)15(2)35-44-12-17-5-4-6-18(32)10-17/h4-11,21-28,30,36-39,41H,12-13H2,1-3H3,(H,34,40)/b14-9+,35-15+/t21-,22+,23-,24-,25-,26+,27-,28+,30-,31-/m1/s1. The molecule has 15 heteroatoms. The van der Waals surface area contributed by atoms with Crippen LogP contribution < -0.4 is 10.1 Å². The lowest BCUT2D eigenvalue weighted by Crippen LogP contribution is -2.67. The highest BCUT2D eigenvalue weighted by Gasteiger charge is 2.55. The fourth-order valence-electron chi connectivity index (χ4n) is 5.51. The Morgan fingerprint density at radius 1 is 1.11 bits per heavy atom. The minimum atomic E-state index is -1.95. The first-order valence-electron chi connectivity index (χ1n) is 14.5. The number of oxime groups is 1. The maximum atomic E-state index is 15.1. The second-order valence-corrected chi connectivity index (χ2v) is 12.1. The monoisotopic (exact) mass is 666 g/mol. The maximum absolute atomic E-state index is 15.1. The van der Waals surface area contributed by atoms with Crippen LogP contribution in [0.3, 0.4) is 0 Å². The van der Waals surface area contributed by atoms with Crippen LogP contribution in [0.5, 0.6) is 5.75 Å². The molecule has 10 atom stereocenters. The van der Waals surface area contributed by atoms with Gasteiger partial charge in [0.05, 0.1) is 11.8 Å². The highest BCUT2D eigenvalue weighted by atomic mass is 35.5. The number of aliphatic hydroxyl groups excluding tert-OH is 4. The Morgan fingerprint density at radius 2 is 1.83 bits per heavy atom. The van der Waals surface area contributed by atoms with Gasteiger partial charge in [-0.3, -0.25) is 4.79 Å². The maximum Gasteiger partial charge on any atom is 0.247 e. The molecule has 6 N–H and O–H groups in total. The predicted octanol–water partition coefficient (Wildman–Crippen LogP) is 1.01. The Labute approximate surface area is 268 Å². The summed E-state index contributed by atoms with van der Waals surface area (Å²) in [5.41, 5.74) is -0.600. The molecule has 1 amide bonds. The van der Waals surface area contributed by atoms with Gasteiger partial charge < -0.3 is 54.6 Å². The number of aliphatic hydroxyl groups is 5. The summed E-state index contributed by atoms with van der Waals surface area (Å²) in [4.78, 5) is 18.2. The Hall–Kier alpha value is -3.18. The molecule has 0 spiro atoms. The summed E-state index contributed by atoms with van der Waals surface area (Å²) in [5, 5.41) is 60.1. The first kappa shape index (κ1) is 34.2. The van der Waals surface area contributed by atoms with Gasteiger partial charge >= 0.3 is 0 Å². The highest BCUT2D eigenvalue weighted by Crippen LogP contribution is 2.35. The van der Waals surface area contributed by atoms with Gasteiger partial charge in [0.25, 0.3) is 0 Å². The van der Waals surface area contributed by atoms with Gasteiger partial charge in [-0.2, -0.15) is 0 Å². The van der Waals surface area contributed by atoms with Gasteiger partial charge in [0.1, 0.15) is 56.1 Å². The highest BCUT2D eigenvalue weighted by molar-refractivity contribution is 6.30. The van der Waals surface area contributed by atoms with Crippen LogP contribution in [0.1, 0.15) is 31.9 Å². The number of nitrogens with zero attached hydrogens (tertiary/aromatic N) is 1. The SMILES string of the molecule is C/C(=C\c1ccc(O[C@@H]2O[C@H](/C(C)=N/OCc3cccc(Cl)c3)[C@H](O)[C@@]2(C)O)c(F)c1)C(=O)N[C@@H]1[C@H](O)[C@@H](O)[C@H]2OCO[C@H]2[C@@H]1O. The summed E-state index contributed by atoms with van der Waals surface area (Å²) >= 11 is 5.98. The van der Waals surface area contributed by atoms with E-state index in [1.807, 2.05) is 0 Å². The molecule has 46 heavy (non-hydrogen) atoms. The van der Waals surface area contributed by atoms with E-state index in [9.17, 15) is 30.3 Å². The van der Waals surface area contributed by atoms with E-state index in [0.29, 0.717) is 5.02 Å². The van der Waals surface area contributed by atoms with Gasteiger partial charge in [0, 0.05) is 10.6 Å². The van der Waals surface area contributed by atoms with Crippen LogP contribution in [-0.4, -0.2) is 105 Å². The Morgan fingerprint density at radius 3 is 2.52 bits per heavy atom. The number of fused-ring (bicyclic) bond motifs is 1. The molecule has 0 radical (unpaired) electrons. The zero-order valence-electron chi connectivity index (χ0n) is 25.1. The van der Waals surface area contributed by atoms with Gasteiger partial charge in [0.2, 0.25) is 12.2 Å². The first-order valence-corrected chi connectivity index (χ1v) is 14.8. The van der Waals surface area contributed by atoms with Crippen LogP contribution >= 0.6 is 11.6 Å². The Kier molecular flexibility index (Phi) is 10.3. The van der Waals surface area contributed by atoms with Crippen molar-refractivity contribution >= 4 is 29.3 Å². The number of halogens is 2. The van der Waals surface area contributed by atoms with Crippen molar-refractivity contribution < 1.29 is 58.5 Å². The lowest BCUT2D eigenvalue weighted by Gasteiger charge is -2.41. The van der Waals surface area contributed by atoms with E-state index < -0.39 is 72.4 Å². The Balaban J connectivity index is 1.21. The van der Waals surface area contributed by atoms with Gasteiger partial charge in [-0.1, -0.05) is 35.0 Å². The third kappa shape index (κ3) is 7.05. The van der Waals surface area contributed by atoms with Crippen LogP contribution in [0.2, 0.25) is 5.02 Å². The molecule has 1 saturated carbocycles. The number of hydrogen-bond donors (Lipinski definition) is 6. The number of amides is 1. The van der Waals surface area contributed by atoms with Crippen molar-refractivity contribution in [2.75, 3.05) is 6.79 Å². The predicted molar refractivity (Wildman–Crippen MR) is 160 cm³/mol. The van der Waals surface area contributed by atoms with Crippen LogP contribution in [0.4, 0.5) is 4.39 Å². The lowest BCUT2D eigenvalue weighted by atomic mass is 9.83. The largest absolute Gasteiger partial charge is 0.459 e. The van der Waals surface area contributed by atoms with Gasteiger partial charge in [-0.05, 0) is 62.2 Å². The van der Waals surface area contributed by atoms with E-state index in [1.54, 1.807) is 24.3 Å². The second-order valence-electron chi connectivity index (χ2n) is 11.7. The minimum Gasteiger partial charge on any atom is -0.459 e. The summed E-state index contributed by atoms with van der Waals surface area (Å²) in [7, 11) is 0. The topological polar surface area (TPSA) is 189 Å². The zero-order chi connectivity index (χ0) is 33.3. The van der Waals surface area contributed by atoms with Crippen LogP contribution in [-0.2, 0) is 30.4 Å². The van der Waals surface area contributed by atoms with E-state index in [1.165, 1.54) is 39.0 Å². The van der Waals surface area contributed by atoms with E-state index >= 15 is 4.39 Å². The van der Waals surface area contributed by atoms with Crippen molar-refractivity contribution in [1.29, 1.82) is 0 Å². The van der Waals surface area contributed by atoms with Crippen molar-refractivity contribution in [3.8, 4) is 5.75 Å². The fraction of sp³-hybridized carbons (Fsp3) is 0.484. The van der Waals surface area contributed by atoms with E-state index in [2.05, 4.69) is 10.5 Å². The number of nitrogens with one attached hydrogen (secondary N) is 1. The van der Waals surface area contributed by atoms with Crippen molar-refractivity contribution in [2.24, 2.45) is 5.16 Å². The first-order chi connectivity index (χ1) is 21.8. The molecule has 2 saturated heterocycles. The number of benzene rings is 2. The molecular weight excluding hydrogens is 631 g/mol. The number of hydrogen-bond acceptors (Lipinski definition) is 12. The lowest BCUT2D eigenvalue weighted by molar-refractivity contribution is -0.155. The van der Waals surface area contributed by atoms with Gasteiger partial charge in [0.15, 0.2) is 17.2 Å². The summed E-state index contributed by atoms with van der Waals surface area (Å²) in [5.74, 6) is -1.82. The van der Waals surface area contributed by atoms with Crippen LogP contribution in [0, 0.1) is 5.82 Å². The number of rotatable bonds is 9. The molecule has 5 rings (SSSR count). The smallest absolute Gasteiger partial charge is 0.247 e. The summed E-state index contributed by atoms with van der Waals surface area (Å²) in [6, 6.07) is 9.55. The molecule has 13 nitrogen and oxygen atoms in total. The fourth-order valence-corrected chi connectivity index (χ4v) is 5.72. The molecule has 2 aromatic rings. The van der Waals surface area contributed by atoms with Gasteiger partial charge in [-0.15, -0.1) is 0 Å². The number of carbonyl (C=O) groups excluding carboxylic acids is 1. The average Bonchev–Trinajstić information content (AvgIpc) is 3.59. The molecule has 0 unspecified atom stereocenters. The second kappa shape index (κ2) is 13.9. The Bertz CT molecular complexity index is 1490. The molecule has 3 aliphatic rings. The molecule has 1 aliphatic carbocycles. The molecule has 250 valence electrons. The molecular formula is C31H36ClFN2O11. The van der Waals surface area contributed by atoms with E-state index in [4.69, 9.17) is 35.4 Å². The minimum absolute atomic E-state index is 0.100. The third-order valence-electron chi connectivity index (χ3n) is 8.21. The van der Waals surface area contributed by atoms with Crippen molar-refractivity contribution in [3.05, 3.63) is 70.0 Å². The zero-order valence-corrected chi connectivity index (χ0v) is 25.9. The van der Waals surface area contributed by atoms with Gasteiger partial charge in [-0.25, -0.2) is 4.39 Å². The third-order valence-corrected chi connectivity index (χ3v) is 8.44. The molecule has 3 fully saturated rings. The van der Waals surface area contributed by atoms with Crippen molar-refractivity contribution in [3.63, 3.8) is 0 Å². The quantitative estimate of drug-likeness (QED) is 0.127. The van der Waals surface area contributed by atoms with Crippen molar-refractivity contribution in [2.45, 2.75) is 88.0 Å². The van der Waals surface area contributed by atoms with Crippen molar-refractivity contribution in [1.82, 2.24) is 5.32 Å². The molecule has 0 bridgehead atoms.